The van der Waals surface area contributed by atoms with Crippen LogP contribution >= 0.6 is 0 Å². The zero-order valence-corrected chi connectivity index (χ0v) is 4.13. The Morgan fingerprint density at radius 1 is 1.62 bits per heavy atom. The highest BCUT2D eigenvalue weighted by Gasteiger charge is 2.14. The van der Waals surface area contributed by atoms with Crippen LogP contribution in [0.25, 0.3) is 0 Å². The Morgan fingerprint density at radius 2 is 2.38 bits per heavy atom. The summed E-state index contributed by atoms with van der Waals surface area (Å²) in [5.41, 5.74) is 0. The molecule has 1 N–H and O–H groups in total. The van der Waals surface area contributed by atoms with Gasteiger partial charge in [-0.3, -0.25) is 4.79 Å². The lowest BCUT2D eigenvalue weighted by molar-refractivity contribution is -0.156. The minimum atomic E-state index is -0.228. The topological polar surface area (TPSA) is 58.9 Å². The molecule has 1 amide bonds. The van der Waals surface area contributed by atoms with Crippen LogP contribution in [0.4, 0.5) is 0 Å². The van der Waals surface area contributed by atoms with Gasteiger partial charge in [-0.2, -0.15) is 4.99 Å². The minimum absolute atomic E-state index is 0.120. The van der Waals surface area contributed by atoms with E-state index in [9.17, 15) is 4.79 Å². The van der Waals surface area contributed by atoms with E-state index >= 15 is 0 Å². The minimum Gasteiger partial charge on any atom is -0.324 e. The molecule has 4 heteroatoms. The van der Waals surface area contributed by atoms with E-state index in [0.717, 1.165) is 0 Å². The fourth-order valence-electron chi connectivity index (χ4n) is 0.531. The summed E-state index contributed by atoms with van der Waals surface area (Å²) in [6.07, 6.45) is 0.783. The van der Waals surface area contributed by atoms with Crippen LogP contribution in [-0.4, -0.2) is 17.1 Å². The van der Waals surface area contributed by atoms with Gasteiger partial charge >= 0.3 is 0 Å². The van der Waals surface area contributed by atoms with E-state index in [1.807, 2.05) is 0 Å². The van der Waals surface area contributed by atoms with Crippen molar-refractivity contribution in [3.8, 4) is 0 Å². The molecule has 0 fully saturated rings. The fraction of sp³-hybridized carbons (Fsp3) is 0.500. The predicted octanol–water partition coefficient (Wildman–Crippen LogP) is 0.195. The van der Waals surface area contributed by atoms with Gasteiger partial charge in [0.25, 0.3) is 0 Å². The van der Waals surface area contributed by atoms with Crippen LogP contribution in [-0.2, 0) is 9.68 Å². The third-order valence-corrected chi connectivity index (χ3v) is 0.908. The lowest BCUT2D eigenvalue weighted by atomic mass is 10.4. The van der Waals surface area contributed by atoms with Crippen molar-refractivity contribution in [2.75, 3.05) is 0 Å². The number of rotatable bonds is 0. The normalized spacial score (nSPS) is 18.6. The molecule has 1 rings (SSSR count). The lowest BCUT2D eigenvalue weighted by Crippen LogP contribution is -1.94. The molecule has 0 radical (unpaired) electrons. The summed E-state index contributed by atoms with van der Waals surface area (Å²) >= 11 is 0. The molecule has 44 valence electrons. The van der Waals surface area contributed by atoms with Gasteiger partial charge in [-0.25, -0.2) is 5.26 Å². The Balaban J connectivity index is 2.57. The summed E-state index contributed by atoms with van der Waals surface area (Å²) < 4.78 is 0. The van der Waals surface area contributed by atoms with Crippen molar-refractivity contribution in [3.05, 3.63) is 0 Å². The fourth-order valence-corrected chi connectivity index (χ4v) is 0.531. The van der Waals surface area contributed by atoms with Gasteiger partial charge in [-0.1, -0.05) is 0 Å². The molecule has 0 spiro atoms. The van der Waals surface area contributed by atoms with E-state index in [-0.39, 0.29) is 11.8 Å². The standard InChI is InChI=1S/C4H5NO3/c6-3-1-2-4(5-3)8-7/h7H,1-2H2. The van der Waals surface area contributed by atoms with Crippen LogP contribution < -0.4 is 0 Å². The van der Waals surface area contributed by atoms with Crippen LogP contribution in [0, 0.1) is 0 Å². The summed E-state index contributed by atoms with van der Waals surface area (Å²) in [6.45, 7) is 0. The number of carbonyl (C=O) groups excluding carboxylic acids is 1. The van der Waals surface area contributed by atoms with Crippen LogP contribution in [0.2, 0.25) is 0 Å². The number of nitrogens with zero attached hydrogens (tertiary/aromatic N) is 1. The molecule has 1 aliphatic rings. The van der Waals surface area contributed by atoms with Crippen molar-refractivity contribution in [1.82, 2.24) is 0 Å². The average Bonchev–Trinajstić information content (AvgIpc) is 2.14. The molecule has 0 atom stereocenters. The molecule has 0 aromatic rings. The van der Waals surface area contributed by atoms with E-state index in [4.69, 9.17) is 5.26 Å². The summed E-state index contributed by atoms with van der Waals surface area (Å²) in [5.74, 6) is -0.107. The maximum absolute atomic E-state index is 10.2. The van der Waals surface area contributed by atoms with Crippen LogP contribution in [0.1, 0.15) is 12.8 Å². The van der Waals surface area contributed by atoms with Crippen molar-refractivity contribution in [1.29, 1.82) is 0 Å². The molecular formula is C4H5NO3. The SMILES string of the molecule is O=C1CCC(OO)=N1. The van der Waals surface area contributed by atoms with Crippen LogP contribution in [0.3, 0.4) is 0 Å². The lowest BCUT2D eigenvalue weighted by Gasteiger charge is -1.86. The summed E-state index contributed by atoms with van der Waals surface area (Å²) in [5, 5.41) is 7.90. The highest BCUT2D eigenvalue weighted by atomic mass is 17.1. The van der Waals surface area contributed by atoms with Gasteiger partial charge in [0.15, 0.2) is 0 Å². The Morgan fingerprint density at radius 3 is 2.62 bits per heavy atom. The van der Waals surface area contributed by atoms with Gasteiger partial charge in [0.1, 0.15) is 0 Å². The average molecular weight is 115 g/mol. The smallest absolute Gasteiger partial charge is 0.249 e. The van der Waals surface area contributed by atoms with Gasteiger partial charge in [-0.05, 0) is 0 Å². The van der Waals surface area contributed by atoms with Crippen molar-refractivity contribution < 1.29 is 14.9 Å². The molecular weight excluding hydrogens is 110 g/mol. The molecule has 0 aromatic heterocycles. The molecule has 1 heterocycles. The number of aliphatic imine (C=N–C) groups is 1. The maximum Gasteiger partial charge on any atom is 0.249 e. The van der Waals surface area contributed by atoms with Crippen molar-refractivity contribution >= 4 is 11.8 Å². The molecule has 1 aliphatic heterocycles. The zero-order valence-electron chi connectivity index (χ0n) is 4.13. The molecule has 0 aromatic carbocycles. The molecule has 0 unspecified atom stereocenters. The van der Waals surface area contributed by atoms with Crippen LogP contribution in [0.15, 0.2) is 4.99 Å². The number of hydrogen-bond donors (Lipinski definition) is 1. The van der Waals surface area contributed by atoms with Gasteiger partial charge in [-0.15, -0.1) is 0 Å². The number of amides is 1. The number of hydrogen-bond acceptors (Lipinski definition) is 3. The molecule has 0 saturated heterocycles. The first kappa shape index (κ1) is 5.24. The van der Waals surface area contributed by atoms with Crippen molar-refractivity contribution in [3.63, 3.8) is 0 Å². The van der Waals surface area contributed by atoms with E-state index < -0.39 is 0 Å². The predicted molar refractivity (Wildman–Crippen MR) is 25.4 cm³/mol. The summed E-state index contributed by atoms with van der Waals surface area (Å²) in [6, 6.07) is 0. The van der Waals surface area contributed by atoms with Gasteiger partial charge in [0.05, 0.1) is 0 Å². The Kier molecular flexibility index (Phi) is 1.26. The molecule has 0 bridgehead atoms. The molecule has 0 aliphatic carbocycles. The van der Waals surface area contributed by atoms with Gasteiger partial charge in [0.2, 0.25) is 11.8 Å². The highest BCUT2D eigenvalue weighted by Crippen LogP contribution is 2.04. The first-order valence-electron chi connectivity index (χ1n) is 2.25. The molecule has 0 saturated carbocycles. The second kappa shape index (κ2) is 1.92. The Hall–Kier alpha value is -0.900. The largest absolute Gasteiger partial charge is 0.324 e. The van der Waals surface area contributed by atoms with Crippen molar-refractivity contribution in [2.24, 2.45) is 4.99 Å². The van der Waals surface area contributed by atoms with E-state index in [1.165, 1.54) is 0 Å². The van der Waals surface area contributed by atoms with Crippen LogP contribution in [0.5, 0.6) is 0 Å². The molecule has 4 nitrogen and oxygen atoms in total. The second-order valence-corrected chi connectivity index (χ2v) is 1.49. The van der Waals surface area contributed by atoms with Crippen molar-refractivity contribution in [2.45, 2.75) is 12.8 Å². The third-order valence-electron chi connectivity index (χ3n) is 0.908. The summed E-state index contributed by atoms with van der Waals surface area (Å²) in [7, 11) is 0. The first-order valence-corrected chi connectivity index (χ1v) is 2.25. The van der Waals surface area contributed by atoms with E-state index in [1.54, 1.807) is 0 Å². The van der Waals surface area contributed by atoms with E-state index in [2.05, 4.69) is 9.88 Å². The van der Waals surface area contributed by atoms with E-state index in [0.29, 0.717) is 12.8 Å². The quantitative estimate of drug-likeness (QED) is 0.362. The van der Waals surface area contributed by atoms with Gasteiger partial charge < -0.3 is 4.89 Å². The third kappa shape index (κ3) is 0.840. The van der Waals surface area contributed by atoms with Gasteiger partial charge in [0, 0.05) is 12.8 Å². The maximum atomic E-state index is 10.2. The monoisotopic (exact) mass is 115 g/mol. The Labute approximate surface area is 45.7 Å². The Bertz CT molecular complexity index is 140. The zero-order chi connectivity index (χ0) is 5.98. The second-order valence-electron chi connectivity index (χ2n) is 1.49. The highest BCUT2D eigenvalue weighted by molar-refractivity contribution is 5.97. The molecule has 8 heavy (non-hydrogen) atoms. The summed E-state index contributed by atoms with van der Waals surface area (Å²) in [4.78, 5) is 17.3. The first-order chi connectivity index (χ1) is 3.83. The number of carbonyl (C=O) groups is 1.